The van der Waals surface area contributed by atoms with Crippen molar-refractivity contribution in [1.82, 2.24) is 20.5 Å². The lowest BCUT2D eigenvalue weighted by molar-refractivity contribution is 0.134. The molecule has 6 nitrogen and oxygen atoms in total. The summed E-state index contributed by atoms with van der Waals surface area (Å²) in [5.74, 6) is 1.56. The highest BCUT2D eigenvalue weighted by molar-refractivity contribution is 7.80. The molecule has 0 unspecified atom stereocenters. The van der Waals surface area contributed by atoms with Crippen LogP contribution in [0.4, 0.5) is 0 Å². The maximum Gasteiger partial charge on any atom is 0.166 e. The highest BCUT2D eigenvalue weighted by Gasteiger charge is 2.51. The molecule has 1 aromatic heterocycles. The van der Waals surface area contributed by atoms with Crippen LogP contribution in [-0.2, 0) is 18.5 Å². The Bertz CT molecular complexity index is 1510. The Kier molecular flexibility index (Phi) is 8.08. The second-order valence-electron chi connectivity index (χ2n) is 11.3. The first-order chi connectivity index (χ1) is 20.1. The number of hydrogen-bond donors (Lipinski definition) is 2. The molecule has 3 aromatic carbocycles. The minimum absolute atomic E-state index is 0.0428. The van der Waals surface area contributed by atoms with E-state index in [9.17, 15) is 0 Å². The van der Waals surface area contributed by atoms with Crippen LogP contribution in [0.3, 0.4) is 0 Å². The molecule has 7 heteroatoms. The van der Waals surface area contributed by atoms with E-state index < -0.39 is 0 Å². The third-order valence-electron chi connectivity index (χ3n) is 8.99. The van der Waals surface area contributed by atoms with Crippen molar-refractivity contribution in [1.29, 1.82) is 0 Å². The van der Waals surface area contributed by atoms with E-state index in [0.717, 1.165) is 67.4 Å². The number of hydrogen-bond acceptors (Lipinski definition) is 5. The first kappa shape index (κ1) is 27.5. The molecule has 2 heterocycles. The molecule has 0 amide bonds. The fraction of sp³-hybridized carbons (Fsp3) is 0.353. The first-order valence-corrected chi connectivity index (χ1v) is 14.9. The van der Waals surface area contributed by atoms with E-state index in [1.807, 2.05) is 18.3 Å². The summed E-state index contributed by atoms with van der Waals surface area (Å²) in [6.07, 6.45) is 6.31. The van der Waals surface area contributed by atoms with Gasteiger partial charge in [0.25, 0.3) is 0 Å². The zero-order chi connectivity index (χ0) is 28.2. The molecule has 0 spiro atoms. The molecule has 2 aliphatic rings. The van der Waals surface area contributed by atoms with Gasteiger partial charge in [-0.3, -0.25) is 9.88 Å². The molecule has 2 N–H and O–H groups in total. The Hall–Kier alpha value is -3.68. The number of benzene rings is 3. The quantitative estimate of drug-likeness (QED) is 0.255. The van der Waals surface area contributed by atoms with Gasteiger partial charge in [-0.15, -0.1) is 0 Å². The number of thiocarbonyl (C=S) groups is 1. The van der Waals surface area contributed by atoms with Crippen LogP contribution < -0.4 is 20.1 Å². The molecule has 0 radical (unpaired) electrons. The van der Waals surface area contributed by atoms with Gasteiger partial charge in [-0.05, 0) is 85.4 Å². The van der Waals surface area contributed by atoms with Crippen LogP contribution >= 0.6 is 12.2 Å². The van der Waals surface area contributed by atoms with Crippen LogP contribution in [0.15, 0.2) is 85.1 Å². The zero-order valence-electron chi connectivity index (χ0n) is 23.8. The molecule has 1 saturated carbocycles. The number of rotatable bonds is 8. The van der Waals surface area contributed by atoms with Gasteiger partial charge >= 0.3 is 0 Å². The summed E-state index contributed by atoms with van der Waals surface area (Å²) in [4.78, 5) is 7.41. The van der Waals surface area contributed by atoms with Crippen LogP contribution in [0, 0.1) is 0 Å². The number of nitrogens with one attached hydrogen (secondary N) is 2. The highest BCUT2D eigenvalue weighted by Crippen LogP contribution is 2.50. The smallest absolute Gasteiger partial charge is 0.166 e. The van der Waals surface area contributed by atoms with Crippen molar-refractivity contribution in [3.63, 3.8) is 0 Å². The van der Waals surface area contributed by atoms with Gasteiger partial charge in [-0.1, -0.05) is 54.6 Å². The summed E-state index contributed by atoms with van der Waals surface area (Å²) in [5.41, 5.74) is 4.89. The molecule has 0 bridgehead atoms. The van der Waals surface area contributed by atoms with Crippen molar-refractivity contribution in [2.75, 3.05) is 20.8 Å². The standard InChI is InChI=1S/C34H38N4O2S/c1-39-30-13-12-27(19-31(30)40-2)34-15-14-28(37-33(41)36-21-24-8-4-3-5-9-24)20-32(34)38(17-16-34)23-25-18-26-10-6-7-11-29(26)35-22-25/h3-13,18-19,22,28,32H,14-17,20-21,23H2,1-2H3,(H2,36,37,41)/t28-,32+,34-/m0/s1. The predicted molar refractivity (Wildman–Crippen MR) is 168 cm³/mol. The largest absolute Gasteiger partial charge is 0.493 e. The first-order valence-electron chi connectivity index (χ1n) is 14.5. The second kappa shape index (κ2) is 12.0. The molecule has 212 valence electrons. The Morgan fingerprint density at radius 1 is 0.951 bits per heavy atom. The van der Waals surface area contributed by atoms with Gasteiger partial charge in [0.1, 0.15) is 0 Å². The van der Waals surface area contributed by atoms with Crippen molar-refractivity contribution in [3.8, 4) is 11.5 Å². The van der Waals surface area contributed by atoms with Crippen LogP contribution in [0.1, 0.15) is 42.4 Å². The third kappa shape index (κ3) is 5.74. The van der Waals surface area contributed by atoms with Crippen molar-refractivity contribution < 1.29 is 9.47 Å². The Morgan fingerprint density at radius 3 is 2.59 bits per heavy atom. The fourth-order valence-electron chi connectivity index (χ4n) is 6.90. The van der Waals surface area contributed by atoms with Crippen molar-refractivity contribution >= 4 is 28.2 Å². The van der Waals surface area contributed by atoms with E-state index in [-0.39, 0.29) is 5.41 Å². The number of nitrogens with zero attached hydrogens (tertiary/aromatic N) is 2. The van der Waals surface area contributed by atoms with Crippen molar-refractivity contribution in [2.24, 2.45) is 0 Å². The van der Waals surface area contributed by atoms with Gasteiger partial charge in [0.15, 0.2) is 16.6 Å². The van der Waals surface area contributed by atoms with Gasteiger partial charge < -0.3 is 20.1 Å². The van der Waals surface area contributed by atoms with Gasteiger partial charge in [0.2, 0.25) is 0 Å². The number of pyridine rings is 1. The number of fused-ring (bicyclic) bond motifs is 2. The van der Waals surface area contributed by atoms with Gasteiger partial charge in [0, 0.05) is 42.2 Å². The molecule has 1 saturated heterocycles. The van der Waals surface area contributed by atoms with Crippen LogP contribution in [0.25, 0.3) is 10.9 Å². The number of para-hydroxylation sites is 1. The van der Waals surface area contributed by atoms with E-state index in [1.165, 1.54) is 22.1 Å². The molecule has 1 aliphatic heterocycles. The maximum atomic E-state index is 5.74. The summed E-state index contributed by atoms with van der Waals surface area (Å²) in [5, 5.41) is 8.98. The SMILES string of the molecule is COc1ccc([C@@]23CC[C@H](NC(=S)NCc4ccccc4)C[C@H]2N(Cc2cnc4ccccc4c2)CC3)cc1OC. The molecular weight excluding hydrogens is 528 g/mol. The number of ether oxygens (including phenoxy) is 2. The van der Waals surface area contributed by atoms with Crippen molar-refractivity contribution in [3.05, 3.63) is 102 Å². The van der Waals surface area contributed by atoms with E-state index in [1.54, 1.807) is 14.2 Å². The van der Waals surface area contributed by atoms with E-state index >= 15 is 0 Å². The lowest BCUT2D eigenvalue weighted by Crippen LogP contribution is -2.53. The monoisotopic (exact) mass is 566 g/mol. The second-order valence-corrected chi connectivity index (χ2v) is 11.7. The minimum Gasteiger partial charge on any atom is -0.493 e. The van der Waals surface area contributed by atoms with Gasteiger partial charge in [-0.2, -0.15) is 0 Å². The molecular formula is C34H38N4O2S. The predicted octanol–water partition coefficient (Wildman–Crippen LogP) is 5.98. The van der Waals surface area contributed by atoms with Gasteiger partial charge in [0.05, 0.1) is 19.7 Å². The van der Waals surface area contributed by atoms with E-state index in [4.69, 9.17) is 26.7 Å². The van der Waals surface area contributed by atoms with E-state index in [2.05, 4.69) is 82.3 Å². The van der Waals surface area contributed by atoms with Crippen LogP contribution in [-0.4, -0.2) is 47.8 Å². The molecule has 3 atom stereocenters. The Morgan fingerprint density at radius 2 is 1.76 bits per heavy atom. The Balaban J connectivity index is 1.24. The molecule has 41 heavy (non-hydrogen) atoms. The summed E-state index contributed by atoms with van der Waals surface area (Å²) in [6, 6.07) is 28.2. The fourth-order valence-corrected chi connectivity index (χ4v) is 7.14. The van der Waals surface area contributed by atoms with Crippen molar-refractivity contribution in [2.45, 2.75) is 56.3 Å². The summed E-state index contributed by atoms with van der Waals surface area (Å²) in [6.45, 7) is 2.63. The average molecular weight is 567 g/mol. The Labute approximate surface area is 248 Å². The molecule has 4 aromatic rings. The lowest BCUT2D eigenvalue weighted by Gasteiger charge is -2.46. The summed E-state index contributed by atoms with van der Waals surface area (Å²) in [7, 11) is 3.41. The number of methoxy groups -OCH3 is 2. The highest BCUT2D eigenvalue weighted by atomic mass is 32.1. The average Bonchev–Trinajstić information content (AvgIpc) is 3.38. The molecule has 6 rings (SSSR count). The van der Waals surface area contributed by atoms with Crippen LogP contribution in [0.5, 0.6) is 11.5 Å². The van der Waals surface area contributed by atoms with Crippen LogP contribution in [0.2, 0.25) is 0 Å². The number of likely N-dealkylation sites (tertiary alicyclic amines) is 1. The molecule has 1 aliphatic carbocycles. The number of aromatic nitrogens is 1. The third-order valence-corrected chi connectivity index (χ3v) is 9.25. The normalized spacial score (nSPS) is 22.2. The summed E-state index contributed by atoms with van der Waals surface area (Å²) >= 11 is 5.74. The topological polar surface area (TPSA) is 58.7 Å². The maximum absolute atomic E-state index is 5.74. The lowest BCUT2D eigenvalue weighted by atomic mass is 9.65. The summed E-state index contributed by atoms with van der Waals surface area (Å²) < 4.78 is 11.3. The van der Waals surface area contributed by atoms with E-state index in [0.29, 0.717) is 12.1 Å². The molecule has 2 fully saturated rings. The minimum atomic E-state index is 0.0428. The zero-order valence-corrected chi connectivity index (χ0v) is 24.6. The van der Waals surface area contributed by atoms with Gasteiger partial charge in [-0.25, -0.2) is 0 Å².